The summed E-state index contributed by atoms with van der Waals surface area (Å²) < 4.78 is 10.5. The first-order valence-electron chi connectivity index (χ1n) is 7.77. The summed E-state index contributed by atoms with van der Waals surface area (Å²) in [4.78, 5) is 15.6. The van der Waals surface area contributed by atoms with Gasteiger partial charge < -0.3 is 9.15 Å². The van der Waals surface area contributed by atoms with Crippen LogP contribution in [0.2, 0.25) is 0 Å². The van der Waals surface area contributed by atoms with Crippen LogP contribution in [0.3, 0.4) is 0 Å². The van der Waals surface area contributed by atoms with Crippen LogP contribution in [0.4, 0.5) is 0 Å². The number of nitrogens with zero attached hydrogens (tertiary/aromatic N) is 3. The van der Waals surface area contributed by atoms with Crippen molar-refractivity contribution in [3.63, 3.8) is 0 Å². The van der Waals surface area contributed by atoms with Crippen molar-refractivity contribution in [2.45, 2.75) is 13.8 Å². The lowest BCUT2D eigenvalue weighted by Crippen LogP contribution is -2.15. The van der Waals surface area contributed by atoms with Crippen molar-refractivity contribution in [1.29, 1.82) is 5.26 Å². The van der Waals surface area contributed by atoms with Gasteiger partial charge in [-0.3, -0.25) is 5.43 Å². The Hall–Kier alpha value is -3.05. The lowest BCUT2D eigenvalue weighted by Gasteiger charge is -2.02. The third kappa shape index (κ3) is 4.97. The number of carbonyl (C=O) groups is 1. The Kier molecular flexibility index (Phi) is 7.00. The maximum absolute atomic E-state index is 11.6. The number of hydrogen-bond donors (Lipinski definition) is 1. The Labute approximate surface area is 155 Å². The molecule has 0 amide bonds. The third-order valence-corrected chi connectivity index (χ3v) is 3.80. The maximum Gasteiger partial charge on any atom is 0.350 e. The summed E-state index contributed by atoms with van der Waals surface area (Å²) >= 11 is 1.28. The summed E-state index contributed by atoms with van der Waals surface area (Å²) in [6, 6.07) is 11.4. The number of hydrogen-bond acceptors (Lipinski definition) is 7. The second-order valence-electron chi connectivity index (χ2n) is 4.97. The van der Waals surface area contributed by atoms with Gasteiger partial charge in [-0.25, -0.2) is 9.79 Å². The molecular weight excluding hydrogens is 352 g/mol. The van der Waals surface area contributed by atoms with Crippen molar-refractivity contribution in [2.75, 3.05) is 12.9 Å². The quantitative estimate of drug-likeness (QED) is 0.216. The molecule has 0 radical (unpaired) electrons. The van der Waals surface area contributed by atoms with E-state index < -0.39 is 5.97 Å². The molecule has 1 aromatic heterocycles. The van der Waals surface area contributed by atoms with Gasteiger partial charge in [0.1, 0.15) is 17.4 Å². The summed E-state index contributed by atoms with van der Waals surface area (Å²) in [6.45, 7) is 3.66. The molecule has 0 fully saturated rings. The van der Waals surface area contributed by atoms with E-state index >= 15 is 0 Å². The molecule has 0 aliphatic heterocycles. The van der Waals surface area contributed by atoms with Crippen molar-refractivity contribution in [2.24, 2.45) is 10.1 Å². The number of carbonyl (C=O) groups excluding carboxylic acids is 1. The zero-order valence-corrected chi connectivity index (χ0v) is 15.5. The van der Waals surface area contributed by atoms with Gasteiger partial charge >= 0.3 is 5.97 Å². The van der Waals surface area contributed by atoms with Gasteiger partial charge in [-0.2, -0.15) is 10.4 Å². The topological polar surface area (TPSA) is 100.0 Å². The number of hydrazone groups is 1. The summed E-state index contributed by atoms with van der Waals surface area (Å²) in [5.74, 6) is -0.0694. The Bertz CT molecular complexity index is 889. The first-order valence-corrected chi connectivity index (χ1v) is 9.00. The molecule has 134 valence electrons. The molecule has 1 aromatic carbocycles. The highest BCUT2D eigenvalue weighted by atomic mass is 32.2. The Morgan fingerprint density at radius 3 is 2.88 bits per heavy atom. The smallest absolute Gasteiger partial charge is 0.350 e. The van der Waals surface area contributed by atoms with Crippen LogP contribution in [-0.2, 0) is 9.53 Å². The number of para-hydroxylation sites is 1. The number of nitrogens with one attached hydrogen (secondary N) is 1. The van der Waals surface area contributed by atoms with Crippen molar-refractivity contribution in [3.05, 3.63) is 47.9 Å². The van der Waals surface area contributed by atoms with Crippen molar-refractivity contribution >= 4 is 39.6 Å². The zero-order chi connectivity index (χ0) is 18.9. The van der Waals surface area contributed by atoms with E-state index in [0.29, 0.717) is 16.6 Å². The molecular formula is C18H18N4O3S. The highest BCUT2D eigenvalue weighted by Crippen LogP contribution is 2.19. The minimum absolute atomic E-state index is 0.182. The van der Waals surface area contributed by atoms with Crippen molar-refractivity contribution in [1.82, 2.24) is 5.43 Å². The van der Waals surface area contributed by atoms with E-state index in [1.165, 1.54) is 11.8 Å². The second-order valence-corrected chi connectivity index (χ2v) is 5.77. The van der Waals surface area contributed by atoms with Crippen LogP contribution in [0, 0.1) is 11.3 Å². The van der Waals surface area contributed by atoms with E-state index in [2.05, 4.69) is 15.5 Å². The second kappa shape index (κ2) is 9.44. The summed E-state index contributed by atoms with van der Waals surface area (Å²) in [5.41, 5.74) is 4.04. The first kappa shape index (κ1) is 19.3. The van der Waals surface area contributed by atoms with E-state index in [-0.39, 0.29) is 12.2 Å². The molecule has 8 heteroatoms. The van der Waals surface area contributed by atoms with E-state index in [4.69, 9.17) is 14.4 Å². The van der Waals surface area contributed by atoms with Crippen LogP contribution in [0.5, 0.6) is 0 Å². The molecule has 0 saturated carbocycles. The van der Waals surface area contributed by atoms with Crippen LogP contribution < -0.4 is 5.43 Å². The molecule has 1 N–H and O–H groups in total. The maximum atomic E-state index is 11.6. The van der Waals surface area contributed by atoms with Gasteiger partial charge in [-0.05, 0) is 32.2 Å². The van der Waals surface area contributed by atoms with Gasteiger partial charge in [-0.15, -0.1) is 0 Å². The lowest BCUT2D eigenvalue weighted by atomic mass is 10.2. The van der Waals surface area contributed by atoms with Gasteiger partial charge in [0.2, 0.25) is 0 Å². The monoisotopic (exact) mass is 370 g/mol. The third-order valence-electron chi connectivity index (χ3n) is 3.22. The molecule has 7 nitrogen and oxygen atoms in total. The predicted molar refractivity (Wildman–Crippen MR) is 103 cm³/mol. The van der Waals surface area contributed by atoms with Crippen molar-refractivity contribution in [3.8, 4) is 6.07 Å². The minimum Gasteiger partial charge on any atom is -0.462 e. The summed E-state index contributed by atoms with van der Waals surface area (Å²) in [6.07, 6.45) is 2.95. The van der Waals surface area contributed by atoms with Gasteiger partial charge in [0, 0.05) is 5.39 Å². The van der Waals surface area contributed by atoms with E-state index in [0.717, 1.165) is 17.2 Å². The number of amidine groups is 1. The van der Waals surface area contributed by atoms with Gasteiger partial charge in [-0.1, -0.05) is 30.0 Å². The normalized spacial score (nSPS) is 12.8. The number of ether oxygens (including phenoxy) is 1. The van der Waals surface area contributed by atoms with Crippen LogP contribution in [0.1, 0.15) is 19.6 Å². The standard InChI is InChI=1S/C18H18N4O3S/c1-4-24-17(23)14(10-19)11-20-18(26-3)22-21-12(2)16-9-13-7-5-6-8-15(13)25-16/h5-9,11H,4H2,1-3H3,(H,20,22)/b14-11+,21-12+. The van der Waals surface area contributed by atoms with Crippen LogP contribution in [0.25, 0.3) is 11.0 Å². The Balaban J connectivity index is 2.14. The number of fused-ring (bicyclic) bond motifs is 1. The number of benzene rings is 1. The molecule has 2 rings (SSSR count). The molecule has 0 atom stereocenters. The number of nitriles is 1. The number of thioether (sulfide) groups is 1. The van der Waals surface area contributed by atoms with Crippen molar-refractivity contribution < 1.29 is 13.9 Å². The SMILES string of the molecule is CCOC(=O)/C(C#N)=C/N=C(N/N=C(\C)c1cc2ccccc2o1)SC. The Morgan fingerprint density at radius 2 is 2.23 bits per heavy atom. The molecule has 0 unspecified atom stereocenters. The van der Waals surface area contributed by atoms with E-state index in [1.54, 1.807) is 26.2 Å². The predicted octanol–water partition coefficient (Wildman–Crippen LogP) is 3.44. The van der Waals surface area contributed by atoms with E-state index in [1.807, 2.05) is 30.3 Å². The minimum atomic E-state index is -0.707. The molecule has 1 heterocycles. The van der Waals surface area contributed by atoms with Crippen LogP contribution in [-0.4, -0.2) is 29.7 Å². The molecule has 0 bridgehead atoms. The van der Waals surface area contributed by atoms with Crippen LogP contribution in [0.15, 0.2) is 56.6 Å². The average Bonchev–Trinajstić information content (AvgIpc) is 3.09. The van der Waals surface area contributed by atoms with Gasteiger partial charge in [0.15, 0.2) is 16.5 Å². The van der Waals surface area contributed by atoms with Gasteiger partial charge in [0.05, 0.1) is 12.8 Å². The van der Waals surface area contributed by atoms with Gasteiger partial charge in [0.25, 0.3) is 0 Å². The average molecular weight is 370 g/mol. The number of furan rings is 1. The molecule has 0 aliphatic rings. The lowest BCUT2D eigenvalue weighted by molar-refractivity contribution is -0.138. The number of esters is 1. The molecule has 26 heavy (non-hydrogen) atoms. The zero-order valence-electron chi connectivity index (χ0n) is 14.6. The molecule has 0 saturated heterocycles. The Morgan fingerprint density at radius 1 is 1.46 bits per heavy atom. The largest absolute Gasteiger partial charge is 0.462 e. The number of rotatable bonds is 5. The molecule has 2 aromatic rings. The molecule has 0 aliphatic carbocycles. The summed E-state index contributed by atoms with van der Waals surface area (Å²) in [7, 11) is 0. The fourth-order valence-electron chi connectivity index (χ4n) is 1.93. The summed E-state index contributed by atoms with van der Waals surface area (Å²) in [5, 5.41) is 14.6. The van der Waals surface area contributed by atoms with Crippen LogP contribution >= 0.6 is 11.8 Å². The molecule has 0 spiro atoms. The highest BCUT2D eigenvalue weighted by molar-refractivity contribution is 8.13. The number of aliphatic imine (C=N–C) groups is 1. The fraction of sp³-hybridized carbons (Fsp3) is 0.222. The van der Waals surface area contributed by atoms with E-state index in [9.17, 15) is 4.79 Å². The fourth-order valence-corrected chi connectivity index (χ4v) is 2.23. The highest BCUT2D eigenvalue weighted by Gasteiger charge is 2.09. The first-order chi connectivity index (χ1) is 12.6.